The van der Waals surface area contributed by atoms with Crippen molar-refractivity contribution in [3.8, 4) is 51.0 Å². The van der Waals surface area contributed by atoms with E-state index in [4.69, 9.17) is 19.4 Å². The normalized spacial score (nSPS) is 12.1. The monoisotopic (exact) mass is 940 g/mol. The van der Waals surface area contributed by atoms with E-state index in [1.807, 2.05) is 36.4 Å². The summed E-state index contributed by atoms with van der Waals surface area (Å²) in [7, 11) is 0. The van der Waals surface area contributed by atoms with E-state index in [-0.39, 0.29) is 0 Å². The highest BCUT2D eigenvalue weighted by Crippen LogP contribution is 2.47. The Morgan fingerprint density at radius 1 is 0.257 bits per heavy atom. The third-order valence-corrected chi connectivity index (χ3v) is 15.4. The summed E-state index contributed by atoms with van der Waals surface area (Å²) in [6, 6.07) is 87.1. The molecule has 0 bridgehead atoms. The lowest BCUT2D eigenvalue weighted by Crippen LogP contribution is -2.06. The summed E-state index contributed by atoms with van der Waals surface area (Å²) < 4.78 is 9.12. The first-order valence-corrected chi connectivity index (χ1v) is 25.2. The zero-order valence-corrected chi connectivity index (χ0v) is 39.8. The van der Waals surface area contributed by atoms with Crippen molar-refractivity contribution >= 4 is 108 Å². The minimum atomic E-state index is 0.572. The van der Waals surface area contributed by atoms with Gasteiger partial charge in [-0.15, -0.1) is 0 Å². The number of furan rings is 1. The Morgan fingerprint density at radius 3 is 1.31 bits per heavy atom. The number of hydrogen-bond acceptors (Lipinski definition) is 4. The summed E-state index contributed by atoms with van der Waals surface area (Å²) in [4.78, 5) is 15.4. The summed E-state index contributed by atoms with van der Waals surface area (Å²) in [5.74, 6) is 1.82. The van der Waals surface area contributed by atoms with Crippen molar-refractivity contribution < 1.29 is 4.42 Å². The SMILES string of the molecule is c1ccc(-c2nc(-c3ccccc3)nc(-n3c4ccccc4c4cc(-c5c6ccccc6c(-c6ccc7c(c6)oc6cc8c9ccccc9c9cc%10ccccc%10cc9c8cc67)c6ccccc56)ccc43)n2)cc1. The van der Waals surface area contributed by atoms with Gasteiger partial charge < -0.3 is 4.42 Å². The van der Waals surface area contributed by atoms with Gasteiger partial charge >= 0.3 is 0 Å². The number of aromatic nitrogens is 4. The van der Waals surface area contributed by atoms with Gasteiger partial charge in [0.1, 0.15) is 11.2 Å². The Bertz CT molecular complexity index is 4900. The zero-order valence-electron chi connectivity index (χ0n) is 39.8. The minimum absolute atomic E-state index is 0.572. The molecule has 342 valence electrons. The predicted octanol–water partition coefficient (Wildman–Crippen LogP) is 18.5. The fraction of sp³-hybridized carbons (Fsp3) is 0. The fourth-order valence-electron chi connectivity index (χ4n) is 12.1. The van der Waals surface area contributed by atoms with Crippen LogP contribution in [0, 0.1) is 0 Å². The van der Waals surface area contributed by atoms with Gasteiger partial charge in [-0.1, -0.05) is 188 Å². The number of hydrogen-bond donors (Lipinski definition) is 0. The second-order valence-electron chi connectivity index (χ2n) is 19.4. The Kier molecular flexibility index (Phi) is 8.68. The highest BCUT2D eigenvalue weighted by Gasteiger charge is 2.22. The van der Waals surface area contributed by atoms with Crippen molar-refractivity contribution in [1.82, 2.24) is 19.5 Å². The molecule has 5 nitrogen and oxygen atoms in total. The van der Waals surface area contributed by atoms with Crippen LogP contribution in [0.1, 0.15) is 0 Å². The van der Waals surface area contributed by atoms with E-state index >= 15 is 0 Å². The molecule has 0 aliphatic rings. The molecule has 3 heterocycles. The fourth-order valence-corrected chi connectivity index (χ4v) is 12.1. The molecule has 0 aliphatic carbocycles. The summed E-state index contributed by atoms with van der Waals surface area (Å²) in [5.41, 5.74) is 10.3. The molecule has 0 radical (unpaired) electrons. The number of benzene rings is 13. The first-order chi connectivity index (χ1) is 36.7. The van der Waals surface area contributed by atoms with Crippen molar-refractivity contribution in [2.45, 2.75) is 0 Å². The van der Waals surface area contributed by atoms with Crippen LogP contribution < -0.4 is 0 Å². The van der Waals surface area contributed by atoms with Gasteiger partial charge in [-0.3, -0.25) is 4.57 Å². The Balaban J connectivity index is 0.880. The van der Waals surface area contributed by atoms with Gasteiger partial charge in [0.2, 0.25) is 5.95 Å². The summed E-state index contributed by atoms with van der Waals surface area (Å²) >= 11 is 0. The average molecular weight is 941 g/mol. The van der Waals surface area contributed by atoms with E-state index in [2.05, 4.69) is 211 Å². The second-order valence-corrected chi connectivity index (χ2v) is 19.4. The maximum absolute atomic E-state index is 6.92. The third kappa shape index (κ3) is 6.07. The molecule has 0 saturated heterocycles. The largest absolute Gasteiger partial charge is 0.456 e. The maximum Gasteiger partial charge on any atom is 0.238 e. The molecule has 0 amide bonds. The smallest absolute Gasteiger partial charge is 0.238 e. The Hall–Kier alpha value is -9.97. The van der Waals surface area contributed by atoms with E-state index in [0.717, 1.165) is 66.0 Å². The van der Waals surface area contributed by atoms with E-state index in [1.165, 1.54) is 75.8 Å². The number of nitrogens with zero attached hydrogens (tertiary/aromatic N) is 4. The Labute approximate surface area is 423 Å². The minimum Gasteiger partial charge on any atom is -0.456 e. The lowest BCUT2D eigenvalue weighted by atomic mass is 9.85. The van der Waals surface area contributed by atoms with Gasteiger partial charge in [0.05, 0.1) is 11.0 Å². The van der Waals surface area contributed by atoms with Gasteiger partial charge in [-0.2, -0.15) is 9.97 Å². The van der Waals surface area contributed by atoms with Crippen molar-refractivity contribution in [3.05, 3.63) is 243 Å². The molecule has 13 aromatic carbocycles. The van der Waals surface area contributed by atoms with Crippen LogP contribution in [0.2, 0.25) is 0 Å². The molecular formula is C69H40N4O. The first-order valence-electron chi connectivity index (χ1n) is 25.2. The molecule has 3 aromatic heterocycles. The van der Waals surface area contributed by atoms with Crippen LogP contribution in [0.15, 0.2) is 247 Å². The van der Waals surface area contributed by atoms with Crippen molar-refractivity contribution in [3.63, 3.8) is 0 Å². The number of rotatable bonds is 5. The molecule has 0 saturated carbocycles. The van der Waals surface area contributed by atoms with Crippen molar-refractivity contribution in [2.75, 3.05) is 0 Å². The number of para-hydroxylation sites is 1. The van der Waals surface area contributed by atoms with Crippen molar-refractivity contribution in [2.24, 2.45) is 0 Å². The lowest BCUT2D eigenvalue weighted by Gasteiger charge is -2.18. The van der Waals surface area contributed by atoms with E-state index in [1.54, 1.807) is 0 Å². The van der Waals surface area contributed by atoms with Gasteiger partial charge in [0.25, 0.3) is 0 Å². The van der Waals surface area contributed by atoms with Crippen LogP contribution in [0.4, 0.5) is 0 Å². The highest BCUT2D eigenvalue weighted by molar-refractivity contribution is 6.30. The summed E-state index contributed by atoms with van der Waals surface area (Å²) in [6.07, 6.45) is 0. The first kappa shape index (κ1) is 40.7. The number of fused-ring (bicyclic) bond motifs is 15. The predicted molar refractivity (Wildman–Crippen MR) is 308 cm³/mol. The van der Waals surface area contributed by atoms with E-state index < -0.39 is 0 Å². The lowest BCUT2D eigenvalue weighted by molar-refractivity contribution is 0.669. The molecular weight excluding hydrogens is 901 g/mol. The molecule has 0 atom stereocenters. The standard InChI is InChI=1S/C69H40N4O/c1-3-17-41(18-4-1)67-70-68(42-19-5-2-6-20-42)72-69(71-67)73-61-30-16-15-25-49(61)59-37-45(32-34-62(59)73)65-51-26-11-13-28-53(51)66(54-29-14-12-27-52(54)65)46-31-33-50-60-39-57-56-36-44-22-8-7-21-43(44)35-55(56)47-23-9-10-24-48(47)58(57)40-64(60)74-63(50)38-46/h1-40H. The molecule has 0 N–H and O–H groups in total. The molecule has 5 heteroatoms. The van der Waals surface area contributed by atoms with Crippen LogP contribution in [-0.2, 0) is 0 Å². The molecule has 16 rings (SSSR count). The Morgan fingerprint density at radius 2 is 0.703 bits per heavy atom. The van der Waals surface area contributed by atoms with E-state index in [9.17, 15) is 0 Å². The topological polar surface area (TPSA) is 56.7 Å². The maximum atomic E-state index is 6.92. The van der Waals surface area contributed by atoms with Crippen LogP contribution in [-0.4, -0.2) is 19.5 Å². The van der Waals surface area contributed by atoms with E-state index in [0.29, 0.717) is 17.6 Å². The van der Waals surface area contributed by atoms with Gasteiger partial charge in [-0.25, -0.2) is 4.98 Å². The highest BCUT2D eigenvalue weighted by atomic mass is 16.3. The van der Waals surface area contributed by atoms with Gasteiger partial charge in [0.15, 0.2) is 11.6 Å². The molecule has 74 heavy (non-hydrogen) atoms. The molecule has 16 aromatic rings. The van der Waals surface area contributed by atoms with Crippen molar-refractivity contribution in [1.29, 1.82) is 0 Å². The second kappa shape index (κ2) is 15.8. The van der Waals surface area contributed by atoms with Gasteiger partial charge in [0, 0.05) is 32.7 Å². The molecule has 0 aliphatic heterocycles. The zero-order chi connectivity index (χ0) is 48.4. The quantitative estimate of drug-likeness (QED) is 0.127. The average Bonchev–Trinajstić information content (AvgIpc) is 4.01. The van der Waals surface area contributed by atoms with Crippen LogP contribution in [0.3, 0.4) is 0 Å². The van der Waals surface area contributed by atoms with Crippen LogP contribution in [0.25, 0.3) is 159 Å². The van der Waals surface area contributed by atoms with Crippen LogP contribution in [0.5, 0.6) is 0 Å². The summed E-state index contributed by atoms with van der Waals surface area (Å²) in [5, 5.41) is 19.1. The molecule has 0 unspecified atom stereocenters. The van der Waals surface area contributed by atoms with Crippen LogP contribution >= 0.6 is 0 Å². The van der Waals surface area contributed by atoms with Gasteiger partial charge in [-0.05, 0) is 141 Å². The summed E-state index contributed by atoms with van der Waals surface area (Å²) in [6.45, 7) is 0. The molecule has 0 fully saturated rings. The molecule has 0 spiro atoms. The third-order valence-electron chi connectivity index (χ3n) is 15.4.